The molecule has 1 heterocycles. The van der Waals surface area contributed by atoms with E-state index in [4.69, 9.17) is 16.4 Å². The number of anilines is 1. The van der Waals surface area contributed by atoms with Crippen LogP contribution in [-0.2, 0) is 11.2 Å². The number of carboxylic acid groups (broad SMARTS) is 1. The van der Waals surface area contributed by atoms with E-state index in [1.54, 1.807) is 18.3 Å². The first-order valence-electron chi connectivity index (χ1n) is 8.89. The molecule has 1 aromatic carbocycles. The van der Waals surface area contributed by atoms with Crippen molar-refractivity contribution >= 4 is 17.5 Å². The Morgan fingerprint density at radius 2 is 2.15 bits per heavy atom. The van der Waals surface area contributed by atoms with E-state index in [-0.39, 0.29) is 11.8 Å². The molecule has 0 spiro atoms. The van der Waals surface area contributed by atoms with E-state index in [0.29, 0.717) is 24.5 Å². The van der Waals surface area contributed by atoms with Crippen molar-refractivity contribution in [2.24, 2.45) is 5.41 Å². The van der Waals surface area contributed by atoms with Crippen LogP contribution in [0.2, 0.25) is 0 Å². The molecule has 2 aromatic rings. The van der Waals surface area contributed by atoms with Crippen molar-refractivity contribution in [2.75, 3.05) is 18.5 Å². The van der Waals surface area contributed by atoms with E-state index in [9.17, 15) is 4.79 Å². The maximum absolute atomic E-state index is 11.0. The van der Waals surface area contributed by atoms with E-state index in [1.807, 2.05) is 38.1 Å². The van der Waals surface area contributed by atoms with Crippen molar-refractivity contribution in [2.45, 2.75) is 33.1 Å². The smallest absolute Gasteiger partial charge is 0.303 e. The molecule has 2 rings (SSSR count). The monoisotopic (exact) mass is 367 g/mol. The molecule has 0 saturated heterocycles. The predicted octanol–water partition coefficient (Wildman–Crippen LogP) is 4.56. The van der Waals surface area contributed by atoms with Crippen LogP contribution in [0.25, 0.3) is 4.85 Å². The molecule has 27 heavy (non-hydrogen) atoms. The number of ether oxygens (including phenoxy) is 1. The van der Waals surface area contributed by atoms with Crippen molar-refractivity contribution in [1.29, 1.82) is 0 Å². The second-order valence-corrected chi connectivity index (χ2v) is 7.17. The van der Waals surface area contributed by atoms with Gasteiger partial charge in [-0.05, 0) is 42.5 Å². The van der Waals surface area contributed by atoms with Gasteiger partial charge in [0.25, 0.3) is 0 Å². The lowest BCUT2D eigenvalue weighted by Crippen LogP contribution is -2.19. The summed E-state index contributed by atoms with van der Waals surface area (Å²) in [4.78, 5) is 18.7. The van der Waals surface area contributed by atoms with E-state index >= 15 is 0 Å². The van der Waals surface area contributed by atoms with Gasteiger partial charge in [0.05, 0.1) is 19.6 Å². The van der Waals surface area contributed by atoms with Crippen LogP contribution in [0.4, 0.5) is 11.5 Å². The van der Waals surface area contributed by atoms with Crippen LogP contribution in [0.1, 0.15) is 32.3 Å². The Labute approximate surface area is 160 Å². The summed E-state index contributed by atoms with van der Waals surface area (Å²) in [6.07, 6.45) is 3.19. The van der Waals surface area contributed by atoms with Crippen molar-refractivity contribution in [3.8, 4) is 5.75 Å². The van der Waals surface area contributed by atoms with Gasteiger partial charge in [0, 0.05) is 12.7 Å². The lowest BCUT2D eigenvalue weighted by atomic mass is 9.82. The van der Waals surface area contributed by atoms with Gasteiger partial charge in [0.2, 0.25) is 5.69 Å². The zero-order valence-electron chi connectivity index (χ0n) is 15.7. The van der Waals surface area contributed by atoms with Gasteiger partial charge in [0.15, 0.2) is 0 Å². The molecule has 0 aliphatic heterocycles. The molecule has 6 nitrogen and oxygen atoms in total. The van der Waals surface area contributed by atoms with Gasteiger partial charge in [0.1, 0.15) is 11.6 Å². The molecule has 0 saturated carbocycles. The lowest BCUT2D eigenvalue weighted by molar-refractivity contribution is -0.139. The van der Waals surface area contributed by atoms with E-state index in [2.05, 4.69) is 15.1 Å². The molecule has 2 N–H and O–H groups in total. The number of pyridine rings is 1. The highest BCUT2D eigenvalue weighted by molar-refractivity contribution is 5.67. The molecular formula is C21H25N3O3. The Kier molecular flexibility index (Phi) is 7.18. The first kappa shape index (κ1) is 20.2. The van der Waals surface area contributed by atoms with Gasteiger partial charge in [-0.3, -0.25) is 4.79 Å². The third kappa shape index (κ3) is 6.98. The third-order valence-electron chi connectivity index (χ3n) is 4.01. The number of benzene rings is 1. The molecular weight excluding hydrogens is 342 g/mol. The molecule has 0 aliphatic carbocycles. The van der Waals surface area contributed by atoms with Crippen LogP contribution in [-0.4, -0.2) is 29.2 Å². The summed E-state index contributed by atoms with van der Waals surface area (Å²) in [5, 5.41) is 12.2. The summed E-state index contributed by atoms with van der Waals surface area (Å²) >= 11 is 0. The third-order valence-corrected chi connectivity index (χ3v) is 4.01. The summed E-state index contributed by atoms with van der Waals surface area (Å²) < 4.78 is 5.75. The van der Waals surface area contributed by atoms with Crippen LogP contribution in [0, 0.1) is 12.0 Å². The Morgan fingerprint density at radius 1 is 1.33 bits per heavy atom. The average molecular weight is 367 g/mol. The predicted molar refractivity (Wildman–Crippen MR) is 105 cm³/mol. The molecule has 0 amide bonds. The Morgan fingerprint density at radius 3 is 2.81 bits per heavy atom. The zero-order chi connectivity index (χ0) is 19.7. The highest BCUT2D eigenvalue weighted by Crippen LogP contribution is 2.33. The van der Waals surface area contributed by atoms with Gasteiger partial charge in [-0.25, -0.2) is 9.83 Å². The number of hydrogen-bond donors (Lipinski definition) is 2. The van der Waals surface area contributed by atoms with Crippen molar-refractivity contribution in [1.82, 2.24) is 4.98 Å². The molecule has 0 radical (unpaired) electrons. The topological polar surface area (TPSA) is 75.8 Å². The van der Waals surface area contributed by atoms with Crippen LogP contribution in [0.15, 0.2) is 42.6 Å². The highest BCUT2D eigenvalue weighted by atomic mass is 16.5. The minimum absolute atomic E-state index is 0.0852. The lowest BCUT2D eigenvalue weighted by Gasteiger charge is -2.22. The SMILES string of the molecule is [C-]#[N+]c1cc(CC(C)(C)CC(=O)O)ccc1OCCCNc1ccccn1. The highest BCUT2D eigenvalue weighted by Gasteiger charge is 2.22. The fourth-order valence-corrected chi connectivity index (χ4v) is 2.84. The molecule has 0 unspecified atom stereocenters. The van der Waals surface area contributed by atoms with Crippen LogP contribution in [0.3, 0.4) is 0 Å². The zero-order valence-corrected chi connectivity index (χ0v) is 15.7. The fraction of sp³-hybridized carbons (Fsp3) is 0.381. The summed E-state index contributed by atoms with van der Waals surface area (Å²) in [6.45, 7) is 12.4. The van der Waals surface area contributed by atoms with Crippen LogP contribution < -0.4 is 10.1 Å². The molecule has 0 fully saturated rings. The summed E-state index contributed by atoms with van der Waals surface area (Å²) in [6, 6.07) is 11.2. The molecule has 142 valence electrons. The number of hydrogen-bond acceptors (Lipinski definition) is 4. The van der Waals surface area contributed by atoms with E-state index in [1.165, 1.54) is 0 Å². The number of rotatable bonds is 10. The van der Waals surface area contributed by atoms with Gasteiger partial charge in [-0.15, -0.1) is 0 Å². The quantitative estimate of drug-likeness (QED) is 0.476. The van der Waals surface area contributed by atoms with Gasteiger partial charge >= 0.3 is 5.97 Å². The number of aliphatic carboxylic acids is 1. The Bertz CT molecular complexity index is 798. The van der Waals surface area contributed by atoms with Crippen molar-refractivity contribution < 1.29 is 14.6 Å². The first-order valence-corrected chi connectivity index (χ1v) is 8.89. The minimum Gasteiger partial charge on any atom is -0.505 e. The normalized spacial score (nSPS) is 10.9. The number of aromatic nitrogens is 1. The Hall–Kier alpha value is -3.07. The standard InChI is InChI=1S/C21H25N3O3/c1-21(2,15-20(25)26)14-16-8-9-18(17(13-16)22-3)27-12-6-11-24-19-7-4-5-10-23-19/h4-5,7-10,13H,6,11-12,14-15H2,1-2H3,(H,23,24)(H,25,26). The number of nitrogens with one attached hydrogen (secondary N) is 1. The van der Waals surface area contributed by atoms with Crippen molar-refractivity contribution in [3.63, 3.8) is 0 Å². The maximum atomic E-state index is 11.0. The second kappa shape index (κ2) is 9.58. The average Bonchev–Trinajstić information content (AvgIpc) is 2.61. The number of carbonyl (C=O) groups is 1. The molecule has 6 heteroatoms. The van der Waals surface area contributed by atoms with Gasteiger partial charge in [-0.1, -0.05) is 31.5 Å². The second-order valence-electron chi connectivity index (χ2n) is 7.17. The summed E-state index contributed by atoms with van der Waals surface area (Å²) in [5.74, 6) is 0.569. The maximum Gasteiger partial charge on any atom is 0.303 e. The first-order chi connectivity index (χ1) is 12.9. The Balaban J connectivity index is 1.86. The minimum atomic E-state index is -0.815. The fourth-order valence-electron chi connectivity index (χ4n) is 2.84. The molecule has 0 bridgehead atoms. The van der Waals surface area contributed by atoms with Crippen LogP contribution >= 0.6 is 0 Å². The number of carboxylic acids is 1. The van der Waals surface area contributed by atoms with E-state index < -0.39 is 5.97 Å². The van der Waals surface area contributed by atoms with Gasteiger partial charge < -0.3 is 15.2 Å². The number of nitrogens with zero attached hydrogens (tertiary/aromatic N) is 2. The summed E-state index contributed by atoms with van der Waals surface area (Å²) in [5.41, 5.74) is 1.03. The molecule has 1 aromatic heterocycles. The molecule has 0 atom stereocenters. The summed E-state index contributed by atoms with van der Waals surface area (Å²) in [7, 11) is 0. The van der Waals surface area contributed by atoms with E-state index in [0.717, 1.165) is 24.3 Å². The van der Waals surface area contributed by atoms with Crippen molar-refractivity contribution in [3.05, 3.63) is 59.6 Å². The largest absolute Gasteiger partial charge is 0.505 e. The van der Waals surface area contributed by atoms with Crippen LogP contribution in [0.5, 0.6) is 5.75 Å². The molecule has 0 aliphatic rings. The van der Waals surface area contributed by atoms with Gasteiger partial charge in [-0.2, -0.15) is 0 Å².